The molecule has 3 rings (SSSR count). The van der Waals surface area contributed by atoms with Gasteiger partial charge in [0.2, 0.25) is 11.7 Å². The van der Waals surface area contributed by atoms with Crippen LogP contribution in [0.5, 0.6) is 0 Å². The van der Waals surface area contributed by atoms with Crippen LogP contribution in [-0.4, -0.2) is 22.2 Å². The Morgan fingerprint density at radius 2 is 2.24 bits per heavy atom. The summed E-state index contributed by atoms with van der Waals surface area (Å²) in [5.74, 6) is 0.900. The molecule has 0 radical (unpaired) electrons. The Hall–Kier alpha value is -1.69. The zero-order valence-corrected chi connectivity index (χ0v) is 12.6. The van der Waals surface area contributed by atoms with E-state index in [1.165, 1.54) is 6.42 Å². The molecule has 0 aromatic carbocycles. The van der Waals surface area contributed by atoms with Crippen LogP contribution in [0, 0.1) is 0 Å². The summed E-state index contributed by atoms with van der Waals surface area (Å²) in [5, 5.41) is 5.89. The summed E-state index contributed by atoms with van der Waals surface area (Å²) in [6.07, 6.45) is 6.39. The van der Waals surface area contributed by atoms with Crippen LogP contribution in [0.3, 0.4) is 0 Å². The van der Waals surface area contributed by atoms with Crippen molar-refractivity contribution in [1.29, 1.82) is 0 Å². The highest BCUT2D eigenvalue weighted by Crippen LogP contribution is 2.22. The molecule has 2 aromatic rings. The third-order valence-corrected chi connectivity index (χ3v) is 4.47. The summed E-state index contributed by atoms with van der Waals surface area (Å²) in [6, 6.07) is 3.88. The number of rotatable bonds is 5. The van der Waals surface area contributed by atoms with Crippen LogP contribution >= 0.6 is 11.3 Å². The number of hydrogen-bond donors (Lipinski definition) is 0. The number of thiophene rings is 1. The first-order valence-corrected chi connectivity index (χ1v) is 8.25. The molecule has 0 amide bonds. The molecule has 0 aliphatic heterocycles. The summed E-state index contributed by atoms with van der Waals surface area (Å²) < 4.78 is 10.6. The van der Waals surface area contributed by atoms with Gasteiger partial charge < -0.3 is 9.26 Å². The van der Waals surface area contributed by atoms with Crippen molar-refractivity contribution in [3.05, 3.63) is 23.4 Å². The number of nitrogens with zero attached hydrogens (tertiary/aromatic N) is 2. The van der Waals surface area contributed by atoms with Gasteiger partial charge >= 0.3 is 5.97 Å². The summed E-state index contributed by atoms with van der Waals surface area (Å²) >= 11 is 1.56. The van der Waals surface area contributed by atoms with Gasteiger partial charge in [-0.3, -0.25) is 4.79 Å². The Kier molecular flexibility index (Phi) is 4.65. The van der Waals surface area contributed by atoms with Crippen molar-refractivity contribution in [2.24, 2.45) is 0 Å². The molecule has 1 saturated carbocycles. The fourth-order valence-corrected chi connectivity index (χ4v) is 3.15. The Balaban J connectivity index is 1.47. The van der Waals surface area contributed by atoms with E-state index in [1.54, 1.807) is 11.3 Å². The molecule has 21 heavy (non-hydrogen) atoms. The molecule has 6 heteroatoms. The van der Waals surface area contributed by atoms with Crippen LogP contribution in [0.25, 0.3) is 10.7 Å². The van der Waals surface area contributed by atoms with Crippen molar-refractivity contribution >= 4 is 17.3 Å². The number of carbonyl (C=O) groups is 1. The van der Waals surface area contributed by atoms with E-state index < -0.39 is 0 Å². The van der Waals surface area contributed by atoms with Crippen LogP contribution in [0.4, 0.5) is 0 Å². The topological polar surface area (TPSA) is 65.2 Å². The molecule has 112 valence electrons. The van der Waals surface area contributed by atoms with Gasteiger partial charge in [-0.1, -0.05) is 17.6 Å². The molecular formula is C15H18N2O3S. The number of carbonyl (C=O) groups excluding carboxylic acids is 1. The number of esters is 1. The van der Waals surface area contributed by atoms with Crippen molar-refractivity contribution in [1.82, 2.24) is 10.1 Å². The molecule has 1 fully saturated rings. The summed E-state index contributed by atoms with van der Waals surface area (Å²) in [4.78, 5) is 17.1. The van der Waals surface area contributed by atoms with E-state index in [4.69, 9.17) is 9.26 Å². The molecule has 0 saturated heterocycles. The second-order valence-corrected chi connectivity index (χ2v) is 6.19. The Morgan fingerprint density at radius 3 is 3.00 bits per heavy atom. The van der Waals surface area contributed by atoms with Crippen LogP contribution in [0.15, 0.2) is 22.0 Å². The zero-order chi connectivity index (χ0) is 14.5. The number of hydrogen-bond acceptors (Lipinski definition) is 6. The highest BCUT2D eigenvalue weighted by atomic mass is 32.1. The molecule has 5 nitrogen and oxygen atoms in total. The smallest absolute Gasteiger partial charge is 0.306 e. The van der Waals surface area contributed by atoms with E-state index in [0.717, 1.165) is 30.6 Å². The predicted molar refractivity (Wildman–Crippen MR) is 78.9 cm³/mol. The van der Waals surface area contributed by atoms with E-state index in [-0.39, 0.29) is 12.1 Å². The zero-order valence-electron chi connectivity index (χ0n) is 11.8. The van der Waals surface area contributed by atoms with Crippen LogP contribution in [0.2, 0.25) is 0 Å². The van der Waals surface area contributed by atoms with Crippen molar-refractivity contribution in [2.75, 3.05) is 0 Å². The van der Waals surface area contributed by atoms with Gasteiger partial charge in [-0.2, -0.15) is 4.98 Å². The fraction of sp³-hybridized carbons (Fsp3) is 0.533. The highest BCUT2D eigenvalue weighted by Gasteiger charge is 2.18. The molecule has 1 aliphatic rings. The van der Waals surface area contributed by atoms with Gasteiger partial charge in [0.25, 0.3) is 0 Å². The lowest BCUT2D eigenvalue weighted by Crippen LogP contribution is -2.21. The standard InChI is InChI=1S/C15H18N2O3S/c18-14(19-11-5-2-1-3-6-11)9-8-13-16-15(17-20-13)12-7-4-10-21-12/h4,7,10-11H,1-3,5-6,8-9H2. The van der Waals surface area contributed by atoms with E-state index >= 15 is 0 Å². The highest BCUT2D eigenvalue weighted by molar-refractivity contribution is 7.13. The molecule has 0 spiro atoms. The van der Waals surface area contributed by atoms with Gasteiger partial charge in [0, 0.05) is 6.42 Å². The Morgan fingerprint density at radius 1 is 1.38 bits per heavy atom. The Labute approximate surface area is 127 Å². The van der Waals surface area contributed by atoms with Crippen molar-refractivity contribution in [3.63, 3.8) is 0 Å². The maximum Gasteiger partial charge on any atom is 0.306 e. The lowest BCUT2D eigenvalue weighted by Gasteiger charge is -2.21. The minimum absolute atomic E-state index is 0.107. The minimum atomic E-state index is -0.169. The van der Waals surface area contributed by atoms with Crippen LogP contribution in [0.1, 0.15) is 44.4 Å². The summed E-state index contributed by atoms with van der Waals surface area (Å²) in [7, 11) is 0. The second-order valence-electron chi connectivity index (χ2n) is 5.24. The van der Waals surface area contributed by atoms with Crippen LogP contribution < -0.4 is 0 Å². The van der Waals surface area contributed by atoms with E-state index in [2.05, 4.69) is 10.1 Å². The van der Waals surface area contributed by atoms with E-state index in [9.17, 15) is 4.79 Å². The van der Waals surface area contributed by atoms with Crippen LogP contribution in [-0.2, 0) is 16.0 Å². The number of aromatic nitrogens is 2. The maximum atomic E-state index is 11.8. The lowest BCUT2D eigenvalue weighted by atomic mass is 9.98. The van der Waals surface area contributed by atoms with Gasteiger partial charge in [-0.15, -0.1) is 11.3 Å². The molecule has 0 bridgehead atoms. The van der Waals surface area contributed by atoms with Crippen molar-refractivity contribution in [3.8, 4) is 10.7 Å². The molecular weight excluding hydrogens is 288 g/mol. The molecule has 0 N–H and O–H groups in total. The molecule has 1 aliphatic carbocycles. The summed E-state index contributed by atoms with van der Waals surface area (Å²) in [5.41, 5.74) is 0. The second kappa shape index (κ2) is 6.85. The van der Waals surface area contributed by atoms with E-state index in [0.29, 0.717) is 24.6 Å². The quantitative estimate of drug-likeness (QED) is 0.790. The Bertz CT molecular complexity index is 574. The van der Waals surface area contributed by atoms with Gasteiger partial charge in [0.05, 0.1) is 11.3 Å². The number of aryl methyl sites for hydroxylation is 1. The van der Waals surface area contributed by atoms with Crippen molar-refractivity contribution < 1.29 is 14.1 Å². The predicted octanol–water partition coefficient (Wildman–Crippen LogP) is 3.61. The van der Waals surface area contributed by atoms with Gasteiger partial charge in [-0.05, 0) is 37.1 Å². The molecule has 0 unspecified atom stereocenters. The SMILES string of the molecule is O=C(CCc1nc(-c2cccs2)no1)OC1CCCCC1. The first-order valence-electron chi connectivity index (χ1n) is 7.37. The fourth-order valence-electron chi connectivity index (χ4n) is 2.50. The third kappa shape index (κ3) is 3.91. The number of ether oxygens (including phenoxy) is 1. The molecule has 0 atom stereocenters. The first-order chi connectivity index (χ1) is 10.3. The molecule has 2 aromatic heterocycles. The monoisotopic (exact) mass is 306 g/mol. The first kappa shape index (κ1) is 14.3. The van der Waals surface area contributed by atoms with Crippen molar-refractivity contribution in [2.45, 2.75) is 51.0 Å². The minimum Gasteiger partial charge on any atom is -0.462 e. The summed E-state index contributed by atoms with van der Waals surface area (Å²) in [6.45, 7) is 0. The third-order valence-electron chi connectivity index (χ3n) is 3.60. The largest absolute Gasteiger partial charge is 0.462 e. The average molecular weight is 306 g/mol. The maximum absolute atomic E-state index is 11.8. The van der Waals surface area contributed by atoms with Gasteiger partial charge in [0.15, 0.2) is 0 Å². The van der Waals surface area contributed by atoms with Gasteiger partial charge in [-0.25, -0.2) is 0 Å². The lowest BCUT2D eigenvalue weighted by molar-refractivity contribution is -0.150. The van der Waals surface area contributed by atoms with Gasteiger partial charge in [0.1, 0.15) is 6.10 Å². The normalized spacial score (nSPS) is 16.0. The average Bonchev–Trinajstić information content (AvgIpc) is 3.17. The molecule has 2 heterocycles. The van der Waals surface area contributed by atoms with E-state index in [1.807, 2.05) is 17.5 Å².